The number of ketones is 1. The molecule has 1 aromatic heterocycles. The van der Waals surface area contributed by atoms with Crippen LogP contribution in [0.15, 0.2) is 60.9 Å². The lowest BCUT2D eigenvalue weighted by Crippen LogP contribution is -2.13. The van der Waals surface area contributed by atoms with E-state index in [0.717, 1.165) is 5.56 Å². The molecular formula is C21H20N4O2. The van der Waals surface area contributed by atoms with E-state index in [9.17, 15) is 9.59 Å². The second-order valence-electron chi connectivity index (χ2n) is 6.22. The van der Waals surface area contributed by atoms with Crippen LogP contribution in [-0.2, 0) is 6.54 Å². The summed E-state index contributed by atoms with van der Waals surface area (Å²) < 4.78 is 0. The molecule has 0 bridgehead atoms. The number of hydrogen-bond donors (Lipinski definition) is 2. The van der Waals surface area contributed by atoms with E-state index in [1.165, 1.54) is 24.9 Å². The number of Topliss-reactive ketones (excluding diaryl/α,β-unsaturated/α-hetero) is 1. The Balaban J connectivity index is 1.58. The van der Waals surface area contributed by atoms with Gasteiger partial charge in [0.2, 0.25) is 5.95 Å². The van der Waals surface area contributed by atoms with Crippen LogP contribution in [0.2, 0.25) is 0 Å². The van der Waals surface area contributed by atoms with Gasteiger partial charge >= 0.3 is 0 Å². The van der Waals surface area contributed by atoms with Gasteiger partial charge in [-0.25, -0.2) is 9.97 Å². The first-order valence-electron chi connectivity index (χ1n) is 8.55. The number of anilines is 2. The highest BCUT2D eigenvalue weighted by Crippen LogP contribution is 2.12. The van der Waals surface area contributed by atoms with Crippen LogP contribution in [0.5, 0.6) is 0 Å². The van der Waals surface area contributed by atoms with Gasteiger partial charge in [-0.05, 0) is 43.7 Å². The van der Waals surface area contributed by atoms with Crippen molar-refractivity contribution in [3.8, 4) is 0 Å². The molecule has 0 aliphatic rings. The van der Waals surface area contributed by atoms with Crippen molar-refractivity contribution in [2.75, 3.05) is 10.6 Å². The Morgan fingerprint density at radius 3 is 2.11 bits per heavy atom. The second kappa shape index (κ2) is 8.23. The Kier molecular flexibility index (Phi) is 5.56. The summed E-state index contributed by atoms with van der Waals surface area (Å²) >= 11 is 0. The number of hydrogen-bond acceptors (Lipinski definition) is 5. The number of carbonyl (C=O) groups excluding carboxylic acids is 2. The van der Waals surface area contributed by atoms with E-state index in [1.54, 1.807) is 24.3 Å². The van der Waals surface area contributed by atoms with Gasteiger partial charge in [0, 0.05) is 30.2 Å². The number of benzene rings is 2. The molecule has 1 amide bonds. The van der Waals surface area contributed by atoms with Crippen molar-refractivity contribution in [1.29, 1.82) is 0 Å². The van der Waals surface area contributed by atoms with Crippen molar-refractivity contribution in [3.63, 3.8) is 0 Å². The van der Waals surface area contributed by atoms with Crippen molar-refractivity contribution in [2.24, 2.45) is 0 Å². The van der Waals surface area contributed by atoms with Gasteiger partial charge in [-0.15, -0.1) is 0 Å². The molecule has 6 nitrogen and oxygen atoms in total. The van der Waals surface area contributed by atoms with Crippen LogP contribution in [0.4, 0.5) is 11.6 Å². The predicted molar refractivity (Wildman–Crippen MR) is 105 cm³/mol. The summed E-state index contributed by atoms with van der Waals surface area (Å²) in [5, 5.41) is 5.88. The summed E-state index contributed by atoms with van der Waals surface area (Å²) in [7, 11) is 0. The van der Waals surface area contributed by atoms with Crippen LogP contribution >= 0.6 is 0 Å². The topological polar surface area (TPSA) is 84.0 Å². The number of carbonyl (C=O) groups is 2. The van der Waals surface area contributed by atoms with Crippen molar-refractivity contribution in [2.45, 2.75) is 20.4 Å². The third-order valence-electron chi connectivity index (χ3n) is 4.03. The van der Waals surface area contributed by atoms with E-state index in [0.29, 0.717) is 29.3 Å². The molecule has 0 atom stereocenters. The van der Waals surface area contributed by atoms with Gasteiger partial charge in [0.25, 0.3) is 5.91 Å². The maximum Gasteiger partial charge on any atom is 0.258 e. The Bertz CT molecular complexity index is 933. The largest absolute Gasteiger partial charge is 0.350 e. The average Bonchev–Trinajstić information content (AvgIpc) is 2.68. The first-order valence-corrected chi connectivity index (χ1v) is 8.55. The lowest BCUT2D eigenvalue weighted by atomic mass is 10.1. The quantitative estimate of drug-likeness (QED) is 0.652. The van der Waals surface area contributed by atoms with E-state index in [1.807, 2.05) is 31.2 Å². The van der Waals surface area contributed by atoms with Crippen LogP contribution in [0.25, 0.3) is 0 Å². The molecule has 0 aliphatic heterocycles. The monoisotopic (exact) mass is 360 g/mol. The van der Waals surface area contributed by atoms with E-state index >= 15 is 0 Å². The second-order valence-corrected chi connectivity index (χ2v) is 6.22. The molecule has 0 unspecified atom stereocenters. The van der Waals surface area contributed by atoms with Crippen molar-refractivity contribution < 1.29 is 9.59 Å². The normalized spacial score (nSPS) is 10.3. The molecule has 0 radical (unpaired) electrons. The zero-order valence-corrected chi connectivity index (χ0v) is 15.2. The number of rotatable bonds is 6. The summed E-state index contributed by atoms with van der Waals surface area (Å²) in [5.74, 6) is 0.128. The fraction of sp³-hybridized carbons (Fsp3) is 0.143. The maximum absolute atomic E-state index is 12.3. The molecule has 2 aromatic carbocycles. The van der Waals surface area contributed by atoms with Crippen molar-refractivity contribution in [1.82, 2.24) is 9.97 Å². The van der Waals surface area contributed by atoms with Gasteiger partial charge in [0.05, 0.1) is 5.56 Å². The minimum absolute atomic E-state index is 0.0185. The fourth-order valence-electron chi connectivity index (χ4n) is 2.42. The minimum Gasteiger partial charge on any atom is -0.350 e. The fourth-order valence-corrected chi connectivity index (χ4v) is 2.42. The molecule has 136 valence electrons. The third-order valence-corrected chi connectivity index (χ3v) is 4.03. The lowest BCUT2D eigenvalue weighted by Gasteiger charge is -2.07. The molecule has 0 saturated carbocycles. The number of amides is 1. The van der Waals surface area contributed by atoms with Gasteiger partial charge in [-0.1, -0.05) is 29.8 Å². The molecular weight excluding hydrogens is 340 g/mol. The molecule has 1 heterocycles. The van der Waals surface area contributed by atoms with E-state index in [-0.39, 0.29) is 11.7 Å². The Hall–Kier alpha value is -3.54. The molecule has 27 heavy (non-hydrogen) atoms. The van der Waals surface area contributed by atoms with Gasteiger partial charge < -0.3 is 10.6 Å². The Morgan fingerprint density at radius 1 is 0.889 bits per heavy atom. The Labute approximate surface area is 157 Å². The van der Waals surface area contributed by atoms with Crippen LogP contribution in [0.1, 0.15) is 38.8 Å². The zero-order valence-electron chi connectivity index (χ0n) is 15.2. The molecule has 6 heteroatoms. The standard InChI is InChI=1S/C21H20N4O2/c1-14-3-5-16(6-4-14)11-22-21-23-12-18(13-24-21)20(27)25-19-9-7-17(8-10-19)15(2)26/h3-10,12-13H,11H2,1-2H3,(H,25,27)(H,22,23,24). The van der Waals surface area contributed by atoms with Gasteiger partial charge in [0.15, 0.2) is 5.78 Å². The van der Waals surface area contributed by atoms with Crippen LogP contribution < -0.4 is 10.6 Å². The average molecular weight is 360 g/mol. The molecule has 2 N–H and O–H groups in total. The highest BCUT2D eigenvalue weighted by atomic mass is 16.1. The number of nitrogens with zero attached hydrogens (tertiary/aromatic N) is 2. The van der Waals surface area contributed by atoms with Crippen LogP contribution in [0.3, 0.4) is 0 Å². The van der Waals surface area contributed by atoms with Crippen molar-refractivity contribution in [3.05, 3.63) is 83.2 Å². The molecule has 0 fully saturated rings. The maximum atomic E-state index is 12.3. The van der Waals surface area contributed by atoms with Crippen molar-refractivity contribution >= 4 is 23.3 Å². The number of aromatic nitrogens is 2. The SMILES string of the molecule is CC(=O)c1ccc(NC(=O)c2cnc(NCc3ccc(C)cc3)nc2)cc1. The zero-order chi connectivity index (χ0) is 19.2. The minimum atomic E-state index is -0.310. The summed E-state index contributed by atoms with van der Waals surface area (Å²) in [4.78, 5) is 31.9. The summed E-state index contributed by atoms with van der Waals surface area (Å²) in [6.07, 6.45) is 2.95. The van der Waals surface area contributed by atoms with E-state index in [4.69, 9.17) is 0 Å². The molecule has 0 saturated heterocycles. The summed E-state index contributed by atoms with van der Waals surface area (Å²) in [5.41, 5.74) is 3.89. The first kappa shape index (κ1) is 18.3. The first-order chi connectivity index (χ1) is 13.0. The highest BCUT2D eigenvalue weighted by Gasteiger charge is 2.08. The van der Waals surface area contributed by atoms with Crippen LogP contribution in [0, 0.1) is 6.92 Å². The number of nitrogens with one attached hydrogen (secondary N) is 2. The van der Waals surface area contributed by atoms with E-state index in [2.05, 4.69) is 20.6 Å². The molecule has 3 aromatic rings. The van der Waals surface area contributed by atoms with Gasteiger partial charge in [0.1, 0.15) is 0 Å². The summed E-state index contributed by atoms with van der Waals surface area (Å²) in [6.45, 7) is 4.15. The molecule has 0 spiro atoms. The molecule has 0 aliphatic carbocycles. The van der Waals surface area contributed by atoms with E-state index < -0.39 is 0 Å². The highest BCUT2D eigenvalue weighted by molar-refractivity contribution is 6.04. The summed E-state index contributed by atoms with van der Waals surface area (Å²) in [6, 6.07) is 14.9. The smallest absolute Gasteiger partial charge is 0.258 e. The van der Waals surface area contributed by atoms with Gasteiger partial charge in [-0.3, -0.25) is 9.59 Å². The lowest BCUT2D eigenvalue weighted by molar-refractivity contribution is 0.101. The molecule has 3 rings (SSSR count). The van der Waals surface area contributed by atoms with Crippen LogP contribution in [-0.4, -0.2) is 21.7 Å². The third kappa shape index (κ3) is 4.98. The predicted octanol–water partition coefficient (Wildman–Crippen LogP) is 3.85. The Morgan fingerprint density at radius 2 is 1.52 bits per heavy atom. The van der Waals surface area contributed by atoms with Gasteiger partial charge in [-0.2, -0.15) is 0 Å². The number of aryl methyl sites for hydroxylation is 1.